The molecule has 38 heavy (non-hydrogen) atoms. The van der Waals surface area contributed by atoms with Gasteiger partial charge in [-0.05, 0) is 54.4 Å². The molecule has 0 aromatic heterocycles. The first-order valence-electron chi connectivity index (χ1n) is 11.7. The number of fused-ring (bicyclic) bond motifs is 1. The van der Waals surface area contributed by atoms with Crippen molar-refractivity contribution in [2.24, 2.45) is 0 Å². The van der Waals surface area contributed by atoms with Gasteiger partial charge in [-0.3, -0.25) is 9.10 Å². The normalized spacial score (nSPS) is 13.3. The van der Waals surface area contributed by atoms with E-state index in [1.165, 1.54) is 57.5 Å². The second-order valence-electron chi connectivity index (χ2n) is 8.74. The molecule has 0 N–H and O–H groups in total. The maximum atomic E-state index is 13.8. The molecule has 0 fully saturated rings. The van der Waals surface area contributed by atoms with E-state index >= 15 is 0 Å². The summed E-state index contributed by atoms with van der Waals surface area (Å²) in [4.78, 5) is 15.1. The third-order valence-corrected chi connectivity index (χ3v) is 9.87. The first kappa shape index (κ1) is 27.4. The summed E-state index contributed by atoms with van der Waals surface area (Å²) in [6.07, 6.45) is 0.450. The topological polar surface area (TPSA) is 114 Å². The fourth-order valence-corrected chi connectivity index (χ4v) is 6.61. The minimum absolute atomic E-state index is 0.0628. The van der Waals surface area contributed by atoms with Crippen molar-refractivity contribution in [1.29, 1.82) is 0 Å². The van der Waals surface area contributed by atoms with Crippen LogP contribution < -0.4 is 18.7 Å². The van der Waals surface area contributed by atoms with Crippen LogP contribution in [0.5, 0.6) is 11.5 Å². The number of benzene rings is 3. The molecule has 0 saturated heterocycles. The molecular weight excluding hydrogens is 530 g/mol. The predicted octanol–water partition coefficient (Wildman–Crippen LogP) is 2.74. The first-order valence-corrected chi connectivity index (χ1v) is 14.5. The number of anilines is 2. The lowest BCUT2D eigenvalue weighted by atomic mass is 10.2. The van der Waals surface area contributed by atoms with E-state index in [-0.39, 0.29) is 15.5 Å². The van der Waals surface area contributed by atoms with Crippen LogP contribution in [0.1, 0.15) is 5.56 Å². The van der Waals surface area contributed by atoms with Gasteiger partial charge in [0.05, 0.1) is 29.7 Å². The zero-order valence-electron chi connectivity index (χ0n) is 21.5. The molecule has 12 heteroatoms. The summed E-state index contributed by atoms with van der Waals surface area (Å²) in [5, 5.41) is 0. The molecule has 3 aromatic rings. The minimum atomic E-state index is -4.18. The van der Waals surface area contributed by atoms with Gasteiger partial charge in [0.2, 0.25) is 15.9 Å². The number of nitrogens with zero attached hydrogens (tertiary/aromatic N) is 3. The van der Waals surface area contributed by atoms with Crippen molar-refractivity contribution in [3.63, 3.8) is 0 Å². The number of hydrogen-bond donors (Lipinski definition) is 0. The van der Waals surface area contributed by atoms with E-state index in [4.69, 9.17) is 9.47 Å². The Bertz CT molecular complexity index is 1560. The Balaban J connectivity index is 1.68. The number of hydrogen-bond acceptors (Lipinski definition) is 7. The number of methoxy groups -OCH3 is 2. The van der Waals surface area contributed by atoms with Gasteiger partial charge in [0, 0.05) is 32.4 Å². The number of ether oxygens (including phenoxy) is 2. The van der Waals surface area contributed by atoms with Crippen LogP contribution in [-0.2, 0) is 31.3 Å². The van der Waals surface area contributed by atoms with Crippen molar-refractivity contribution in [2.75, 3.05) is 50.6 Å². The molecule has 1 aliphatic rings. The number of para-hydroxylation sites is 1. The molecule has 4 rings (SSSR count). The third-order valence-electron chi connectivity index (χ3n) is 6.29. The number of rotatable bonds is 9. The van der Waals surface area contributed by atoms with Crippen LogP contribution in [0.3, 0.4) is 0 Å². The molecule has 1 heterocycles. The molecular formula is C26H29N3O7S2. The summed E-state index contributed by atoms with van der Waals surface area (Å²) in [5.74, 6) is 0.169. The summed E-state index contributed by atoms with van der Waals surface area (Å²) < 4.78 is 65.4. The van der Waals surface area contributed by atoms with Crippen molar-refractivity contribution >= 4 is 37.3 Å². The van der Waals surface area contributed by atoms with E-state index < -0.39 is 32.5 Å². The van der Waals surface area contributed by atoms with E-state index in [0.29, 0.717) is 35.7 Å². The molecule has 1 amide bonds. The Kier molecular flexibility index (Phi) is 7.68. The van der Waals surface area contributed by atoms with Crippen molar-refractivity contribution < 1.29 is 31.1 Å². The minimum Gasteiger partial charge on any atom is -0.493 e. The van der Waals surface area contributed by atoms with Crippen LogP contribution in [0.4, 0.5) is 11.4 Å². The molecule has 0 unspecified atom stereocenters. The largest absolute Gasteiger partial charge is 0.493 e. The number of carbonyl (C=O) groups excluding carboxylic acids is 1. The Labute approximate surface area is 223 Å². The summed E-state index contributed by atoms with van der Waals surface area (Å²) >= 11 is 0. The van der Waals surface area contributed by atoms with E-state index in [2.05, 4.69) is 0 Å². The molecule has 10 nitrogen and oxygen atoms in total. The number of sulfonamides is 2. The molecule has 202 valence electrons. The van der Waals surface area contributed by atoms with Crippen molar-refractivity contribution in [3.8, 4) is 11.5 Å². The lowest BCUT2D eigenvalue weighted by Gasteiger charge is -2.27. The Morgan fingerprint density at radius 2 is 1.47 bits per heavy atom. The first-order chi connectivity index (χ1) is 18.0. The Morgan fingerprint density at radius 1 is 0.842 bits per heavy atom. The lowest BCUT2D eigenvalue weighted by molar-refractivity contribution is -0.117. The molecule has 0 atom stereocenters. The van der Waals surface area contributed by atoms with Gasteiger partial charge >= 0.3 is 0 Å². The highest BCUT2D eigenvalue weighted by Crippen LogP contribution is 2.34. The van der Waals surface area contributed by atoms with Crippen molar-refractivity contribution in [2.45, 2.75) is 16.2 Å². The van der Waals surface area contributed by atoms with Crippen LogP contribution in [0.2, 0.25) is 0 Å². The zero-order chi connectivity index (χ0) is 27.7. The molecule has 0 aliphatic carbocycles. The van der Waals surface area contributed by atoms with E-state index in [0.717, 1.165) is 8.61 Å². The highest BCUT2D eigenvalue weighted by atomic mass is 32.2. The van der Waals surface area contributed by atoms with Gasteiger partial charge in [0.15, 0.2) is 11.5 Å². The molecule has 0 saturated carbocycles. The van der Waals surface area contributed by atoms with Gasteiger partial charge < -0.3 is 14.4 Å². The van der Waals surface area contributed by atoms with Crippen LogP contribution in [-0.4, -0.2) is 68.5 Å². The monoisotopic (exact) mass is 559 g/mol. The fraction of sp³-hybridized carbons (Fsp3) is 0.269. The average Bonchev–Trinajstić information content (AvgIpc) is 3.35. The van der Waals surface area contributed by atoms with Crippen LogP contribution in [0.25, 0.3) is 0 Å². The average molecular weight is 560 g/mol. The second kappa shape index (κ2) is 10.6. The summed E-state index contributed by atoms with van der Waals surface area (Å²) in [7, 11) is -2.04. The molecule has 0 bridgehead atoms. The van der Waals surface area contributed by atoms with Gasteiger partial charge in [0.25, 0.3) is 10.0 Å². The van der Waals surface area contributed by atoms with Gasteiger partial charge in [0.1, 0.15) is 6.54 Å². The molecule has 1 aliphatic heterocycles. The predicted molar refractivity (Wildman–Crippen MR) is 144 cm³/mol. The lowest BCUT2D eigenvalue weighted by Crippen LogP contribution is -2.42. The number of amides is 1. The number of carbonyl (C=O) groups is 1. The van der Waals surface area contributed by atoms with Crippen molar-refractivity contribution in [1.82, 2.24) is 4.31 Å². The van der Waals surface area contributed by atoms with Gasteiger partial charge in [-0.15, -0.1) is 0 Å². The summed E-state index contributed by atoms with van der Waals surface area (Å²) in [6.45, 7) is -0.156. The van der Waals surface area contributed by atoms with Gasteiger partial charge in [-0.2, -0.15) is 0 Å². The van der Waals surface area contributed by atoms with Crippen LogP contribution in [0.15, 0.2) is 76.5 Å². The maximum Gasteiger partial charge on any atom is 0.264 e. The Morgan fingerprint density at radius 3 is 2.11 bits per heavy atom. The molecule has 0 spiro atoms. The van der Waals surface area contributed by atoms with Gasteiger partial charge in [-0.1, -0.05) is 18.2 Å². The Hall–Kier alpha value is -3.61. The SMILES string of the molecule is COc1ccc(S(=O)(=O)N(CC(=O)N2CCc3cc(S(=O)(=O)N(C)C)ccc32)c2ccccc2)cc1OC. The zero-order valence-corrected chi connectivity index (χ0v) is 23.1. The van der Waals surface area contributed by atoms with Gasteiger partial charge in [-0.25, -0.2) is 21.1 Å². The van der Waals surface area contributed by atoms with Crippen LogP contribution >= 0.6 is 0 Å². The smallest absolute Gasteiger partial charge is 0.264 e. The van der Waals surface area contributed by atoms with E-state index in [9.17, 15) is 21.6 Å². The summed E-state index contributed by atoms with van der Waals surface area (Å²) in [6, 6.07) is 17.2. The van der Waals surface area contributed by atoms with E-state index in [1.807, 2.05) is 0 Å². The van der Waals surface area contributed by atoms with E-state index in [1.54, 1.807) is 42.5 Å². The summed E-state index contributed by atoms with van der Waals surface area (Å²) in [5.41, 5.74) is 1.59. The highest BCUT2D eigenvalue weighted by Gasteiger charge is 2.33. The fourth-order valence-electron chi connectivity index (χ4n) is 4.23. The van der Waals surface area contributed by atoms with Crippen molar-refractivity contribution in [3.05, 3.63) is 72.3 Å². The quantitative estimate of drug-likeness (QED) is 0.396. The second-order valence-corrected chi connectivity index (χ2v) is 12.8. The third kappa shape index (κ3) is 5.06. The van der Waals surface area contributed by atoms with Crippen LogP contribution in [0, 0.1) is 0 Å². The molecule has 3 aromatic carbocycles. The standard InChI is InChI=1S/C26H29N3O7S2/c1-27(2)37(31,32)21-10-12-23-19(16-21)14-15-28(23)26(30)18-29(20-8-6-5-7-9-20)38(33,34)22-11-13-24(35-3)25(17-22)36-4/h5-13,16-17H,14-15,18H2,1-4H3. The molecule has 0 radical (unpaired) electrons. The highest BCUT2D eigenvalue weighted by molar-refractivity contribution is 7.92. The maximum absolute atomic E-state index is 13.8.